The lowest BCUT2D eigenvalue weighted by Gasteiger charge is -2.54. The summed E-state index contributed by atoms with van der Waals surface area (Å²) in [6, 6.07) is 7.18. The quantitative estimate of drug-likeness (QED) is 0.725. The standard InChI is InChI=1S/C11H8Cl3NO/c12-9-8-7(11(9,13)14)5-3-1-2-4-6(5)10(16)15-8/h1-4,7-9H,(H,15,16)/t7-,8+,9+/m0/s1. The normalized spacial score (nSPS) is 34.4. The molecule has 84 valence electrons. The number of hydrogen-bond donors (Lipinski definition) is 1. The topological polar surface area (TPSA) is 29.1 Å². The van der Waals surface area contributed by atoms with Crippen molar-refractivity contribution in [2.24, 2.45) is 0 Å². The summed E-state index contributed by atoms with van der Waals surface area (Å²) in [7, 11) is 0. The molecule has 1 aliphatic heterocycles. The fourth-order valence-electron chi connectivity index (χ4n) is 2.46. The summed E-state index contributed by atoms with van der Waals surface area (Å²) >= 11 is 18.4. The van der Waals surface area contributed by atoms with Gasteiger partial charge in [-0.1, -0.05) is 41.4 Å². The molecule has 1 fully saturated rings. The van der Waals surface area contributed by atoms with Crippen molar-refractivity contribution in [3.8, 4) is 0 Å². The molecule has 0 spiro atoms. The van der Waals surface area contributed by atoms with Crippen LogP contribution in [-0.4, -0.2) is 21.7 Å². The summed E-state index contributed by atoms with van der Waals surface area (Å²) in [4.78, 5) is 11.8. The highest BCUT2D eigenvalue weighted by Gasteiger charge is 2.63. The maximum atomic E-state index is 11.8. The van der Waals surface area contributed by atoms with Crippen molar-refractivity contribution in [2.75, 3.05) is 0 Å². The van der Waals surface area contributed by atoms with E-state index >= 15 is 0 Å². The molecule has 0 radical (unpaired) electrons. The predicted molar refractivity (Wildman–Crippen MR) is 64.5 cm³/mol. The molecule has 0 saturated heterocycles. The lowest BCUT2D eigenvalue weighted by Crippen LogP contribution is -2.68. The van der Waals surface area contributed by atoms with E-state index < -0.39 is 9.71 Å². The summed E-state index contributed by atoms with van der Waals surface area (Å²) in [5.41, 5.74) is 1.52. The van der Waals surface area contributed by atoms with Gasteiger partial charge in [0.15, 0.2) is 0 Å². The van der Waals surface area contributed by atoms with Crippen LogP contribution in [0.15, 0.2) is 24.3 Å². The Morgan fingerprint density at radius 1 is 1.25 bits per heavy atom. The van der Waals surface area contributed by atoms with Gasteiger partial charge in [0.1, 0.15) is 4.33 Å². The summed E-state index contributed by atoms with van der Waals surface area (Å²) in [5, 5.41) is 2.39. The average molecular weight is 277 g/mol. The van der Waals surface area contributed by atoms with Gasteiger partial charge in [0, 0.05) is 11.5 Å². The van der Waals surface area contributed by atoms with Crippen LogP contribution in [0.1, 0.15) is 21.8 Å². The molecule has 3 atom stereocenters. The van der Waals surface area contributed by atoms with E-state index in [1.807, 2.05) is 18.2 Å². The minimum absolute atomic E-state index is 0.105. The van der Waals surface area contributed by atoms with Gasteiger partial charge in [-0.2, -0.15) is 0 Å². The average Bonchev–Trinajstić information content (AvgIpc) is 2.28. The molecular weight excluding hydrogens is 268 g/mol. The maximum absolute atomic E-state index is 11.8. The van der Waals surface area contributed by atoms with Gasteiger partial charge in [0.25, 0.3) is 5.91 Å². The molecule has 1 aromatic rings. The molecule has 1 N–H and O–H groups in total. The number of nitrogens with one attached hydrogen (secondary N) is 1. The van der Waals surface area contributed by atoms with Crippen LogP contribution in [0.25, 0.3) is 0 Å². The van der Waals surface area contributed by atoms with Crippen molar-refractivity contribution in [2.45, 2.75) is 21.7 Å². The number of rotatable bonds is 0. The van der Waals surface area contributed by atoms with E-state index in [1.54, 1.807) is 6.07 Å². The number of amides is 1. The molecule has 5 heteroatoms. The second-order valence-corrected chi connectivity index (χ2v) is 6.05. The Labute approximate surface area is 108 Å². The lowest BCUT2D eigenvalue weighted by molar-refractivity contribution is 0.0875. The van der Waals surface area contributed by atoms with Gasteiger partial charge in [-0.25, -0.2) is 0 Å². The molecular formula is C11H8Cl3NO. The first kappa shape index (κ1) is 10.7. The van der Waals surface area contributed by atoms with Crippen LogP contribution < -0.4 is 5.32 Å². The molecule has 0 bridgehead atoms. The van der Waals surface area contributed by atoms with Crippen LogP contribution >= 0.6 is 34.8 Å². The Balaban J connectivity index is 2.14. The van der Waals surface area contributed by atoms with E-state index in [-0.39, 0.29) is 17.9 Å². The third-order valence-electron chi connectivity index (χ3n) is 3.29. The fraction of sp³-hybridized carbons (Fsp3) is 0.364. The highest BCUT2D eigenvalue weighted by Crippen LogP contribution is 2.58. The van der Waals surface area contributed by atoms with E-state index in [4.69, 9.17) is 34.8 Å². The molecule has 0 unspecified atom stereocenters. The number of benzene rings is 1. The van der Waals surface area contributed by atoms with Crippen molar-refractivity contribution in [1.82, 2.24) is 5.32 Å². The van der Waals surface area contributed by atoms with Crippen molar-refractivity contribution in [1.29, 1.82) is 0 Å². The number of fused-ring (bicyclic) bond motifs is 3. The highest BCUT2D eigenvalue weighted by atomic mass is 35.5. The molecule has 1 amide bonds. The van der Waals surface area contributed by atoms with E-state index in [9.17, 15) is 4.79 Å². The summed E-state index contributed by atoms with van der Waals surface area (Å²) in [6.07, 6.45) is 0. The van der Waals surface area contributed by atoms with Gasteiger partial charge in [-0.3, -0.25) is 4.79 Å². The Bertz CT molecular complexity index is 474. The molecule has 1 aliphatic carbocycles. The lowest BCUT2D eigenvalue weighted by atomic mass is 9.69. The first-order valence-corrected chi connectivity index (χ1v) is 6.14. The monoisotopic (exact) mass is 275 g/mol. The third kappa shape index (κ3) is 1.18. The van der Waals surface area contributed by atoms with Crippen molar-refractivity contribution >= 4 is 40.7 Å². The number of hydrogen-bond acceptors (Lipinski definition) is 1. The van der Waals surface area contributed by atoms with Crippen molar-refractivity contribution in [3.63, 3.8) is 0 Å². The molecule has 2 nitrogen and oxygen atoms in total. The SMILES string of the molecule is O=C1N[C@H]2[C@@H](Cl)C(Cl)(Cl)[C@H]2c2ccccc21. The molecule has 0 aromatic heterocycles. The number of carbonyl (C=O) groups is 1. The second-order valence-electron chi connectivity index (χ2n) is 4.14. The fourth-order valence-corrected chi connectivity index (χ4v) is 3.58. The van der Waals surface area contributed by atoms with Crippen LogP contribution in [0, 0.1) is 0 Å². The second kappa shape index (κ2) is 3.28. The van der Waals surface area contributed by atoms with Crippen LogP contribution in [0.5, 0.6) is 0 Å². The maximum Gasteiger partial charge on any atom is 0.251 e. The summed E-state index contributed by atoms with van der Waals surface area (Å²) in [5.74, 6) is -0.224. The van der Waals surface area contributed by atoms with Crippen LogP contribution in [-0.2, 0) is 0 Å². The van der Waals surface area contributed by atoms with Crippen molar-refractivity contribution in [3.05, 3.63) is 35.4 Å². The number of alkyl halides is 3. The van der Waals surface area contributed by atoms with Gasteiger partial charge >= 0.3 is 0 Å². The van der Waals surface area contributed by atoms with E-state index in [2.05, 4.69) is 5.32 Å². The van der Waals surface area contributed by atoms with E-state index in [1.165, 1.54) is 0 Å². The third-order valence-corrected chi connectivity index (χ3v) is 5.07. The smallest absolute Gasteiger partial charge is 0.251 e. The van der Waals surface area contributed by atoms with Crippen LogP contribution in [0.3, 0.4) is 0 Å². The summed E-state index contributed by atoms with van der Waals surface area (Å²) < 4.78 is -1.00. The molecule has 2 aliphatic rings. The Morgan fingerprint density at radius 2 is 1.94 bits per heavy atom. The first-order valence-electron chi connectivity index (χ1n) is 4.95. The molecule has 1 saturated carbocycles. The number of carbonyl (C=O) groups excluding carboxylic acids is 1. The molecule has 1 heterocycles. The van der Waals surface area contributed by atoms with Gasteiger partial charge in [0.2, 0.25) is 0 Å². The van der Waals surface area contributed by atoms with Gasteiger partial charge in [0.05, 0.1) is 11.4 Å². The predicted octanol–water partition coefficient (Wildman–Crippen LogP) is 2.68. The highest BCUT2D eigenvalue weighted by molar-refractivity contribution is 6.54. The number of halogens is 3. The van der Waals surface area contributed by atoms with E-state index in [0.29, 0.717) is 5.56 Å². The van der Waals surface area contributed by atoms with Crippen LogP contribution in [0.4, 0.5) is 0 Å². The first-order chi connectivity index (χ1) is 7.53. The zero-order chi connectivity index (χ0) is 11.5. The zero-order valence-electron chi connectivity index (χ0n) is 8.08. The Kier molecular flexibility index (Phi) is 2.19. The van der Waals surface area contributed by atoms with Gasteiger partial charge in [-0.15, -0.1) is 11.6 Å². The van der Waals surface area contributed by atoms with Gasteiger partial charge < -0.3 is 5.32 Å². The van der Waals surface area contributed by atoms with Crippen LogP contribution in [0.2, 0.25) is 0 Å². The molecule has 16 heavy (non-hydrogen) atoms. The van der Waals surface area contributed by atoms with Gasteiger partial charge in [-0.05, 0) is 11.6 Å². The largest absolute Gasteiger partial charge is 0.347 e. The Morgan fingerprint density at radius 3 is 2.69 bits per heavy atom. The summed E-state index contributed by atoms with van der Waals surface area (Å²) in [6.45, 7) is 0. The molecule has 3 rings (SSSR count). The minimum Gasteiger partial charge on any atom is -0.347 e. The zero-order valence-corrected chi connectivity index (χ0v) is 10.4. The molecule has 1 aromatic carbocycles. The minimum atomic E-state index is -1.00. The Hall–Kier alpha value is -0.440. The van der Waals surface area contributed by atoms with E-state index in [0.717, 1.165) is 5.56 Å². The van der Waals surface area contributed by atoms with Crippen molar-refractivity contribution < 1.29 is 4.79 Å².